The number of hydrogen-bond donors (Lipinski definition) is 2. The van der Waals surface area contributed by atoms with Crippen LogP contribution in [-0.2, 0) is 10.0 Å². The van der Waals surface area contributed by atoms with Crippen molar-refractivity contribution in [3.05, 3.63) is 59.4 Å². The number of rotatable bonds is 4. The summed E-state index contributed by atoms with van der Waals surface area (Å²) in [4.78, 5) is 12.2. The Labute approximate surface area is 121 Å². The summed E-state index contributed by atoms with van der Waals surface area (Å²) in [6.45, 7) is 0. The van der Waals surface area contributed by atoms with E-state index in [4.69, 9.17) is 5.73 Å². The van der Waals surface area contributed by atoms with Crippen molar-refractivity contribution in [3.63, 3.8) is 0 Å². The molecule has 0 saturated heterocycles. The van der Waals surface area contributed by atoms with Crippen molar-refractivity contribution >= 4 is 27.2 Å². The number of benzene rings is 2. The first-order valence-electron chi connectivity index (χ1n) is 5.94. The number of hydrogen-bond acceptors (Lipinski definition) is 4. The van der Waals surface area contributed by atoms with E-state index in [1.54, 1.807) is 0 Å². The van der Waals surface area contributed by atoms with Gasteiger partial charge in [0.1, 0.15) is 5.82 Å². The van der Waals surface area contributed by atoms with Gasteiger partial charge < -0.3 is 5.73 Å². The number of nitrogens with one attached hydrogen (secondary N) is 1. The molecule has 0 atom stereocenters. The molecule has 0 aliphatic heterocycles. The van der Waals surface area contributed by atoms with E-state index in [2.05, 4.69) is 4.72 Å². The topological polar surface area (TPSA) is 89.3 Å². The Morgan fingerprint density at radius 2 is 1.67 bits per heavy atom. The number of ketones is 1. The molecule has 5 nitrogen and oxygen atoms in total. The summed E-state index contributed by atoms with van der Waals surface area (Å²) < 4.78 is 37.8. The van der Waals surface area contributed by atoms with Crippen LogP contribution in [0.25, 0.3) is 0 Å². The van der Waals surface area contributed by atoms with E-state index in [0.717, 1.165) is 12.3 Å². The van der Waals surface area contributed by atoms with E-state index in [1.807, 2.05) is 0 Å². The van der Waals surface area contributed by atoms with Crippen LogP contribution in [0.1, 0.15) is 15.9 Å². The van der Waals surface area contributed by atoms with Gasteiger partial charge in [0.15, 0.2) is 5.78 Å². The van der Waals surface area contributed by atoms with Gasteiger partial charge in [0, 0.05) is 16.8 Å². The summed E-state index contributed by atoms with van der Waals surface area (Å²) in [5, 5.41) is 0. The molecule has 0 aliphatic rings. The Morgan fingerprint density at radius 1 is 1.10 bits per heavy atom. The van der Waals surface area contributed by atoms with Crippen molar-refractivity contribution in [2.45, 2.75) is 0 Å². The number of carbonyl (C=O) groups excluding carboxylic acids is 1. The Bertz CT molecular complexity index is 786. The summed E-state index contributed by atoms with van der Waals surface area (Å²) >= 11 is 0. The molecule has 110 valence electrons. The average molecular weight is 308 g/mol. The van der Waals surface area contributed by atoms with Gasteiger partial charge in [0.05, 0.1) is 11.9 Å². The standard InChI is InChI=1S/C14H13FN2O3S/c1-21(19,20)17-11-5-2-9(3-6-11)14(18)10-4-7-13(16)12(15)8-10/h2-8,17H,16H2,1H3. The van der Waals surface area contributed by atoms with Crippen LogP contribution in [0.4, 0.5) is 15.8 Å². The number of anilines is 2. The van der Waals surface area contributed by atoms with Crippen LogP contribution in [0, 0.1) is 5.82 Å². The first-order chi connectivity index (χ1) is 9.76. The van der Waals surface area contributed by atoms with Crippen molar-refractivity contribution in [1.29, 1.82) is 0 Å². The molecule has 7 heteroatoms. The highest BCUT2D eigenvalue weighted by atomic mass is 32.2. The molecule has 0 aliphatic carbocycles. The maximum Gasteiger partial charge on any atom is 0.229 e. The molecular weight excluding hydrogens is 295 g/mol. The summed E-state index contributed by atoms with van der Waals surface area (Å²) in [5.74, 6) is -1.03. The lowest BCUT2D eigenvalue weighted by atomic mass is 10.0. The second-order valence-electron chi connectivity index (χ2n) is 4.52. The summed E-state index contributed by atoms with van der Waals surface area (Å²) in [7, 11) is -3.37. The second-order valence-corrected chi connectivity index (χ2v) is 6.27. The lowest BCUT2D eigenvalue weighted by molar-refractivity contribution is 0.103. The fourth-order valence-electron chi connectivity index (χ4n) is 1.74. The Balaban J connectivity index is 2.25. The monoisotopic (exact) mass is 308 g/mol. The fourth-order valence-corrected chi connectivity index (χ4v) is 2.30. The lowest BCUT2D eigenvalue weighted by Gasteiger charge is -2.06. The van der Waals surface area contributed by atoms with Crippen molar-refractivity contribution in [3.8, 4) is 0 Å². The zero-order valence-electron chi connectivity index (χ0n) is 11.1. The van der Waals surface area contributed by atoms with Gasteiger partial charge in [-0.15, -0.1) is 0 Å². The first-order valence-corrected chi connectivity index (χ1v) is 7.83. The zero-order chi connectivity index (χ0) is 15.6. The third kappa shape index (κ3) is 3.79. The van der Waals surface area contributed by atoms with Crippen LogP contribution in [0.3, 0.4) is 0 Å². The fraction of sp³-hybridized carbons (Fsp3) is 0.0714. The zero-order valence-corrected chi connectivity index (χ0v) is 11.9. The third-order valence-electron chi connectivity index (χ3n) is 2.71. The number of halogens is 1. The van der Waals surface area contributed by atoms with Gasteiger partial charge >= 0.3 is 0 Å². The minimum Gasteiger partial charge on any atom is -0.396 e. The first kappa shape index (κ1) is 15.0. The number of nitrogens with two attached hydrogens (primary N) is 1. The van der Waals surface area contributed by atoms with Gasteiger partial charge in [-0.05, 0) is 42.5 Å². The molecule has 0 spiro atoms. The smallest absolute Gasteiger partial charge is 0.229 e. The predicted octanol–water partition coefficient (Wildman–Crippen LogP) is 2.01. The van der Waals surface area contributed by atoms with Crippen molar-refractivity contribution in [2.24, 2.45) is 0 Å². The number of carbonyl (C=O) groups is 1. The van der Waals surface area contributed by atoms with E-state index < -0.39 is 15.8 Å². The van der Waals surface area contributed by atoms with Crippen molar-refractivity contribution in [1.82, 2.24) is 0 Å². The summed E-state index contributed by atoms with van der Waals surface area (Å²) in [6.07, 6.45) is 1.03. The molecule has 0 saturated carbocycles. The molecule has 0 heterocycles. The molecule has 0 aromatic heterocycles. The van der Waals surface area contributed by atoms with Gasteiger partial charge in [-0.25, -0.2) is 12.8 Å². The van der Waals surface area contributed by atoms with E-state index in [9.17, 15) is 17.6 Å². The van der Waals surface area contributed by atoms with E-state index in [1.165, 1.54) is 36.4 Å². The minimum absolute atomic E-state index is 0.0285. The van der Waals surface area contributed by atoms with E-state index >= 15 is 0 Å². The highest BCUT2D eigenvalue weighted by Crippen LogP contribution is 2.17. The average Bonchev–Trinajstić information content (AvgIpc) is 2.40. The van der Waals surface area contributed by atoms with Crippen molar-refractivity contribution in [2.75, 3.05) is 16.7 Å². The SMILES string of the molecule is CS(=O)(=O)Nc1ccc(C(=O)c2ccc(N)c(F)c2)cc1. The van der Waals surface area contributed by atoms with Gasteiger partial charge in [-0.2, -0.15) is 0 Å². The Hall–Kier alpha value is -2.41. The molecule has 2 rings (SSSR count). The molecule has 2 aromatic rings. The lowest BCUT2D eigenvalue weighted by Crippen LogP contribution is -2.09. The van der Waals surface area contributed by atoms with Gasteiger partial charge in [0.2, 0.25) is 10.0 Å². The quantitative estimate of drug-likeness (QED) is 0.668. The maximum absolute atomic E-state index is 13.4. The van der Waals surface area contributed by atoms with Crippen LogP contribution < -0.4 is 10.5 Å². The molecule has 0 fully saturated rings. The van der Waals surface area contributed by atoms with Gasteiger partial charge in [-0.3, -0.25) is 9.52 Å². The molecule has 21 heavy (non-hydrogen) atoms. The minimum atomic E-state index is -3.37. The predicted molar refractivity (Wildman–Crippen MR) is 79.2 cm³/mol. The van der Waals surface area contributed by atoms with Crippen LogP contribution in [0.15, 0.2) is 42.5 Å². The number of nitrogen functional groups attached to an aromatic ring is 1. The third-order valence-corrected chi connectivity index (χ3v) is 3.32. The van der Waals surface area contributed by atoms with Crippen LogP contribution in [0.2, 0.25) is 0 Å². The molecule has 0 amide bonds. The highest BCUT2D eigenvalue weighted by Gasteiger charge is 2.11. The van der Waals surface area contributed by atoms with Crippen LogP contribution in [-0.4, -0.2) is 20.5 Å². The maximum atomic E-state index is 13.4. The van der Waals surface area contributed by atoms with Crippen LogP contribution in [0.5, 0.6) is 0 Å². The normalized spacial score (nSPS) is 11.1. The molecule has 0 unspecified atom stereocenters. The van der Waals surface area contributed by atoms with E-state index in [-0.39, 0.29) is 17.0 Å². The largest absolute Gasteiger partial charge is 0.396 e. The van der Waals surface area contributed by atoms with Gasteiger partial charge in [0.25, 0.3) is 0 Å². The molecule has 0 bridgehead atoms. The molecule has 3 N–H and O–H groups in total. The highest BCUT2D eigenvalue weighted by molar-refractivity contribution is 7.92. The van der Waals surface area contributed by atoms with Crippen LogP contribution >= 0.6 is 0 Å². The van der Waals surface area contributed by atoms with Gasteiger partial charge in [-0.1, -0.05) is 0 Å². The van der Waals surface area contributed by atoms with E-state index in [0.29, 0.717) is 11.3 Å². The molecule has 0 radical (unpaired) electrons. The second kappa shape index (κ2) is 5.53. The molecular formula is C14H13FN2O3S. The molecule has 2 aromatic carbocycles. The number of sulfonamides is 1. The van der Waals surface area contributed by atoms with Crippen molar-refractivity contribution < 1.29 is 17.6 Å². The summed E-state index contributed by atoms with van der Waals surface area (Å²) in [6, 6.07) is 9.67. The summed E-state index contributed by atoms with van der Waals surface area (Å²) in [5.41, 5.74) is 6.16. The Kier molecular flexibility index (Phi) is 3.95. The Morgan fingerprint density at radius 3 is 2.19 bits per heavy atom.